The van der Waals surface area contributed by atoms with Crippen molar-refractivity contribution < 1.29 is 27.4 Å². The van der Waals surface area contributed by atoms with Gasteiger partial charge in [-0.25, -0.2) is 13.4 Å². The van der Waals surface area contributed by atoms with E-state index in [2.05, 4.69) is 9.97 Å². The number of rotatable bonds is 8. The van der Waals surface area contributed by atoms with Crippen molar-refractivity contribution in [3.63, 3.8) is 0 Å². The lowest BCUT2D eigenvalue weighted by atomic mass is 10.1. The summed E-state index contributed by atoms with van der Waals surface area (Å²) < 4.78 is 40.8. The number of anilines is 1. The molecule has 0 N–H and O–H groups in total. The molecule has 0 spiro atoms. The van der Waals surface area contributed by atoms with Crippen LogP contribution < -0.4 is 19.1 Å². The van der Waals surface area contributed by atoms with Crippen molar-refractivity contribution >= 4 is 42.4 Å². The van der Waals surface area contributed by atoms with Crippen molar-refractivity contribution in [2.75, 3.05) is 32.5 Å². The van der Waals surface area contributed by atoms with Gasteiger partial charge in [-0.05, 0) is 42.0 Å². The summed E-state index contributed by atoms with van der Waals surface area (Å²) in [5.41, 5.74) is 1.69. The Morgan fingerprint density at radius 1 is 1.03 bits per heavy atom. The van der Waals surface area contributed by atoms with E-state index in [0.717, 1.165) is 11.8 Å². The molecule has 1 amide bonds. The third-order valence-corrected chi connectivity index (χ3v) is 7.38. The number of nitrogens with zero attached hydrogens (tertiary/aromatic N) is 3. The first-order chi connectivity index (χ1) is 16.7. The summed E-state index contributed by atoms with van der Waals surface area (Å²) in [6.45, 7) is 0.197. The van der Waals surface area contributed by atoms with Crippen LogP contribution in [0.3, 0.4) is 0 Å². The Labute approximate surface area is 206 Å². The summed E-state index contributed by atoms with van der Waals surface area (Å²) in [5, 5.41) is 0.410. The maximum absolute atomic E-state index is 13.8. The van der Waals surface area contributed by atoms with Crippen LogP contribution in [0.2, 0.25) is 0 Å². The molecule has 0 aliphatic rings. The molecule has 0 aliphatic heterocycles. The molecular formula is C24H23N3O6S2. The van der Waals surface area contributed by atoms with Crippen LogP contribution in [0.4, 0.5) is 5.13 Å². The van der Waals surface area contributed by atoms with Crippen molar-refractivity contribution in [2.45, 2.75) is 11.4 Å². The molecule has 0 radical (unpaired) electrons. The number of carbonyl (C=O) groups excluding carboxylic acids is 1. The van der Waals surface area contributed by atoms with Crippen LogP contribution in [0.25, 0.3) is 10.2 Å². The highest BCUT2D eigenvalue weighted by molar-refractivity contribution is 7.90. The minimum atomic E-state index is -3.38. The lowest BCUT2D eigenvalue weighted by Gasteiger charge is -2.21. The molecule has 4 aromatic rings. The Balaban J connectivity index is 1.83. The van der Waals surface area contributed by atoms with Crippen LogP contribution in [0, 0.1) is 0 Å². The minimum absolute atomic E-state index is 0.190. The van der Waals surface area contributed by atoms with E-state index >= 15 is 0 Å². The summed E-state index contributed by atoms with van der Waals surface area (Å²) in [6.07, 6.45) is 4.47. The Kier molecular flexibility index (Phi) is 6.90. The van der Waals surface area contributed by atoms with Crippen molar-refractivity contribution in [2.24, 2.45) is 0 Å². The van der Waals surface area contributed by atoms with Crippen LogP contribution in [-0.2, 0) is 16.4 Å². The number of amides is 1. The molecule has 0 bridgehead atoms. The van der Waals surface area contributed by atoms with Gasteiger partial charge >= 0.3 is 0 Å². The summed E-state index contributed by atoms with van der Waals surface area (Å²) in [4.78, 5) is 24.3. The van der Waals surface area contributed by atoms with Gasteiger partial charge in [-0.15, -0.1) is 0 Å². The summed E-state index contributed by atoms with van der Waals surface area (Å²) in [5.74, 6) is 0.714. The number of hydrogen-bond donors (Lipinski definition) is 0. The maximum atomic E-state index is 13.8. The third kappa shape index (κ3) is 5.05. The maximum Gasteiger partial charge on any atom is 0.260 e. The van der Waals surface area contributed by atoms with Gasteiger partial charge in [0.1, 0.15) is 0 Å². The molecule has 4 rings (SSSR count). The van der Waals surface area contributed by atoms with Gasteiger partial charge in [0.2, 0.25) is 5.75 Å². The first-order valence-corrected chi connectivity index (χ1v) is 13.1. The number of thiazole rings is 1. The zero-order chi connectivity index (χ0) is 25.2. The number of benzene rings is 2. The molecule has 0 fully saturated rings. The molecule has 0 atom stereocenters. The molecule has 0 aliphatic carbocycles. The monoisotopic (exact) mass is 513 g/mol. The molecule has 0 saturated carbocycles. The van der Waals surface area contributed by atoms with E-state index in [4.69, 9.17) is 14.2 Å². The van der Waals surface area contributed by atoms with Gasteiger partial charge in [0, 0.05) is 24.2 Å². The summed E-state index contributed by atoms with van der Waals surface area (Å²) in [6, 6.07) is 11.5. The van der Waals surface area contributed by atoms with Crippen LogP contribution in [-0.4, -0.2) is 51.9 Å². The van der Waals surface area contributed by atoms with E-state index in [-0.39, 0.29) is 17.3 Å². The number of carbonyl (C=O) groups is 1. The van der Waals surface area contributed by atoms with Crippen LogP contribution in [0.15, 0.2) is 59.8 Å². The molecule has 0 saturated heterocycles. The summed E-state index contributed by atoms with van der Waals surface area (Å²) >= 11 is 1.23. The summed E-state index contributed by atoms with van der Waals surface area (Å²) in [7, 11) is 1.06. The Bertz CT molecular complexity index is 1460. The fraction of sp³-hybridized carbons (Fsp3) is 0.208. The molecule has 9 nitrogen and oxygen atoms in total. The standard InChI is InChI=1S/C24H23N3O6S2/c1-31-19-10-16(11-20(32-2)22(19)33-3)23(28)27(14-15-6-5-9-25-13-15)24-26-18-8-7-17(35(4,29)30)12-21(18)34-24/h5-13H,14H2,1-4H3. The lowest BCUT2D eigenvalue weighted by Crippen LogP contribution is -2.30. The van der Waals surface area contributed by atoms with E-state index in [0.29, 0.717) is 38.2 Å². The number of sulfone groups is 1. The average Bonchev–Trinajstić information content (AvgIpc) is 3.29. The van der Waals surface area contributed by atoms with E-state index in [9.17, 15) is 13.2 Å². The molecule has 35 heavy (non-hydrogen) atoms. The van der Waals surface area contributed by atoms with Gasteiger partial charge < -0.3 is 14.2 Å². The number of ether oxygens (including phenoxy) is 3. The Morgan fingerprint density at radius 2 is 1.74 bits per heavy atom. The zero-order valence-electron chi connectivity index (χ0n) is 19.5. The van der Waals surface area contributed by atoms with Gasteiger partial charge in [-0.3, -0.25) is 14.7 Å². The SMILES string of the molecule is COc1cc(C(=O)N(Cc2cccnc2)c2nc3ccc(S(C)(=O)=O)cc3s2)cc(OC)c1OC. The van der Waals surface area contributed by atoms with Gasteiger partial charge in [0.25, 0.3) is 5.91 Å². The normalized spacial score (nSPS) is 11.3. The minimum Gasteiger partial charge on any atom is -0.493 e. The van der Waals surface area contributed by atoms with Crippen molar-refractivity contribution in [1.29, 1.82) is 0 Å². The van der Waals surface area contributed by atoms with Crippen molar-refractivity contribution in [3.8, 4) is 17.2 Å². The second kappa shape index (κ2) is 9.88. The second-order valence-corrected chi connectivity index (χ2v) is 10.6. The highest BCUT2D eigenvalue weighted by Gasteiger charge is 2.25. The fourth-order valence-electron chi connectivity index (χ4n) is 3.50. The first-order valence-electron chi connectivity index (χ1n) is 10.4. The van der Waals surface area contributed by atoms with Gasteiger partial charge in [-0.1, -0.05) is 17.4 Å². The Hall–Kier alpha value is -3.70. The predicted octanol–water partition coefficient (Wildman–Crippen LogP) is 3.97. The molecule has 0 unspecified atom stereocenters. The topological polar surface area (TPSA) is 108 Å². The number of fused-ring (bicyclic) bond motifs is 1. The van der Waals surface area contributed by atoms with E-state index in [1.54, 1.807) is 42.7 Å². The molecular weight excluding hydrogens is 490 g/mol. The van der Waals surface area contributed by atoms with Gasteiger partial charge in [0.05, 0.1) is 43.0 Å². The quantitative estimate of drug-likeness (QED) is 0.348. The second-order valence-electron chi connectivity index (χ2n) is 7.56. The zero-order valence-corrected chi connectivity index (χ0v) is 21.1. The van der Waals surface area contributed by atoms with Crippen molar-refractivity contribution in [1.82, 2.24) is 9.97 Å². The highest BCUT2D eigenvalue weighted by atomic mass is 32.2. The number of methoxy groups -OCH3 is 3. The molecule has 182 valence electrons. The molecule has 11 heteroatoms. The van der Waals surface area contributed by atoms with Crippen molar-refractivity contribution in [3.05, 3.63) is 66.0 Å². The largest absolute Gasteiger partial charge is 0.493 e. The highest BCUT2D eigenvalue weighted by Crippen LogP contribution is 2.39. The van der Waals surface area contributed by atoms with Gasteiger partial charge in [-0.2, -0.15) is 0 Å². The van der Waals surface area contributed by atoms with Gasteiger partial charge in [0.15, 0.2) is 26.5 Å². The number of aromatic nitrogens is 2. The Morgan fingerprint density at radius 3 is 2.31 bits per heavy atom. The van der Waals surface area contributed by atoms with Crippen LogP contribution in [0.1, 0.15) is 15.9 Å². The fourth-order valence-corrected chi connectivity index (χ4v) is 5.22. The van der Waals surface area contributed by atoms with E-state index in [1.807, 2.05) is 6.07 Å². The van der Waals surface area contributed by atoms with Crippen LogP contribution in [0.5, 0.6) is 17.2 Å². The van der Waals surface area contributed by atoms with E-state index < -0.39 is 9.84 Å². The van der Waals surface area contributed by atoms with Crippen LogP contribution >= 0.6 is 11.3 Å². The lowest BCUT2D eigenvalue weighted by molar-refractivity contribution is 0.0984. The first kappa shape index (κ1) is 24.4. The van der Waals surface area contributed by atoms with E-state index in [1.165, 1.54) is 43.6 Å². The molecule has 2 aromatic heterocycles. The predicted molar refractivity (Wildman–Crippen MR) is 134 cm³/mol. The third-order valence-electron chi connectivity index (χ3n) is 5.23. The molecule has 2 aromatic carbocycles. The number of hydrogen-bond acceptors (Lipinski definition) is 9. The molecule has 2 heterocycles. The smallest absolute Gasteiger partial charge is 0.260 e. The number of pyridine rings is 1. The average molecular weight is 514 g/mol.